The van der Waals surface area contributed by atoms with Crippen LogP contribution in [0.2, 0.25) is 0 Å². The lowest BCUT2D eigenvalue weighted by molar-refractivity contribution is -0.123. The SMILES string of the molecule is CC(C)CC(N)C(=O)NCC(O)CC(C)(C)C. The first-order valence-corrected chi connectivity index (χ1v) is 6.33. The van der Waals surface area contributed by atoms with Gasteiger partial charge in [-0.3, -0.25) is 4.79 Å². The third-order valence-electron chi connectivity index (χ3n) is 2.42. The first-order chi connectivity index (χ1) is 7.61. The van der Waals surface area contributed by atoms with Crippen LogP contribution in [0.25, 0.3) is 0 Å². The summed E-state index contributed by atoms with van der Waals surface area (Å²) in [6.45, 7) is 10.5. The molecule has 0 aliphatic rings. The monoisotopic (exact) mass is 244 g/mol. The van der Waals surface area contributed by atoms with Crippen LogP contribution in [0.1, 0.15) is 47.5 Å². The van der Waals surface area contributed by atoms with Crippen LogP contribution in [0.4, 0.5) is 0 Å². The predicted molar refractivity (Wildman–Crippen MR) is 70.5 cm³/mol. The highest BCUT2D eigenvalue weighted by atomic mass is 16.3. The van der Waals surface area contributed by atoms with Crippen molar-refractivity contribution >= 4 is 5.91 Å². The molecule has 17 heavy (non-hydrogen) atoms. The molecule has 4 nitrogen and oxygen atoms in total. The van der Waals surface area contributed by atoms with E-state index in [4.69, 9.17) is 5.73 Å². The largest absolute Gasteiger partial charge is 0.391 e. The molecule has 0 spiro atoms. The van der Waals surface area contributed by atoms with Crippen LogP contribution in [-0.4, -0.2) is 29.7 Å². The third-order valence-corrected chi connectivity index (χ3v) is 2.42. The molecule has 0 saturated carbocycles. The Morgan fingerprint density at radius 2 is 1.88 bits per heavy atom. The lowest BCUT2D eigenvalue weighted by Crippen LogP contribution is -2.44. The molecule has 0 aromatic carbocycles. The maximum atomic E-state index is 11.6. The number of rotatable bonds is 6. The van der Waals surface area contributed by atoms with Crippen molar-refractivity contribution in [3.63, 3.8) is 0 Å². The zero-order valence-corrected chi connectivity index (χ0v) is 11.8. The highest BCUT2D eigenvalue weighted by molar-refractivity contribution is 5.81. The Bertz CT molecular complexity index is 234. The second kappa shape index (κ2) is 6.97. The fourth-order valence-electron chi connectivity index (χ4n) is 1.74. The maximum Gasteiger partial charge on any atom is 0.237 e. The van der Waals surface area contributed by atoms with Gasteiger partial charge in [0.15, 0.2) is 0 Å². The Labute approximate surface area is 105 Å². The maximum absolute atomic E-state index is 11.6. The molecule has 2 unspecified atom stereocenters. The van der Waals surface area contributed by atoms with Crippen molar-refractivity contribution in [3.8, 4) is 0 Å². The minimum absolute atomic E-state index is 0.0597. The summed E-state index contributed by atoms with van der Waals surface area (Å²) in [5.74, 6) is 0.224. The minimum Gasteiger partial charge on any atom is -0.391 e. The third kappa shape index (κ3) is 9.12. The second-order valence-corrected chi connectivity index (χ2v) is 6.40. The van der Waals surface area contributed by atoms with E-state index >= 15 is 0 Å². The van der Waals surface area contributed by atoms with E-state index in [1.165, 1.54) is 0 Å². The van der Waals surface area contributed by atoms with Crippen molar-refractivity contribution in [2.24, 2.45) is 17.1 Å². The lowest BCUT2D eigenvalue weighted by Gasteiger charge is -2.23. The topological polar surface area (TPSA) is 75.4 Å². The molecule has 0 aliphatic carbocycles. The number of hydrogen-bond donors (Lipinski definition) is 3. The quantitative estimate of drug-likeness (QED) is 0.658. The smallest absolute Gasteiger partial charge is 0.237 e. The van der Waals surface area contributed by atoms with Gasteiger partial charge in [0.25, 0.3) is 0 Å². The fraction of sp³-hybridized carbons (Fsp3) is 0.923. The van der Waals surface area contributed by atoms with Gasteiger partial charge in [0.1, 0.15) is 0 Å². The predicted octanol–water partition coefficient (Wildman–Crippen LogP) is 1.27. The highest BCUT2D eigenvalue weighted by Crippen LogP contribution is 2.20. The van der Waals surface area contributed by atoms with Gasteiger partial charge in [-0.05, 0) is 24.2 Å². The number of aliphatic hydroxyl groups is 1. The molecule has 0 aromatic rings. The van der Waals surface area contributed by atoms with E-state index < -0.39 is 12.1 Å². The number of hydrogen-bond acceptors (Lipinski definition) is 3. The molecule has 2 atom stereocenters. The standard InChI is InChI=1S/C13H28N2O2/c1-9(2)6-11(14)12(17)15-8-10(16)7-13(3,4)5/h9-11,16H,6-8,14H2,1-5H3,(H,15,17). The number of carbonyl (C=O) groups excluding carboxylic acids is 1. The van der Waals surface area contributed by atoms with Gasteiger partial charge in [0, 0.05) is 6.54 Å². The number of carbonyl (C=O) groups is 1. The molecule has 0 rings (SSSR count). The minimum atomic E-state index is -0.509. The van der Waals surface area contributed by atoms with Gasteiger partial charge in [-0.25, -0.2) is 0 Å². The van der Waals surface area contributed by atoms with Gasteiger partial charge < -0.3 is 16.2 Å². The number of aliphatic hydroxyl groups excluding tert-OH is 1. The molecular weight excluding hydrogens is 216 g/mol. The summed E-state index contributed by atoms with van der Waals surface area (Å²) in [6.07, 6.45) is 0.818. The summed E-state index contributed by atoms with van der Waals surface area (Å²) in [5, 5.41) is 12.4. The van der Waals surface area contributed by atoms with Crippen LogP contribution >= 0.6 is 0 Å². The first-order valence-electron chi connectivity index (χ1n) is 6.33. The molecule has 0 fully saturated rings. The molecule has 0 heterocycles. The van der Waals surface area contributed by atoms with Gasteiger partial charge >= 0.3 is 0 Å². The van der Waals surface area contributed by atoms with E-state index in [2.05, 4.69) is 26.1 Å². The molecule has 1 amide bonds. The molecule has 0 saturated heterocycles. The normalized spacial score (nSPS) is 15.8. The van der Waals surface area contributed by atoms with Gasteiger partial charge in [-0.2, -0.15) is 0 Å². The van der Waals surface area contributed by atoms with Crippen LogP contribution in [0, 0.1) is 11.3 Å². The average molecular weight is 244 g/mol. The molecule has 4 heteroatoms. The summed E-state index contributed by atoms with van der Waals surface area (Å²) >= 11 is 0. The van der Waals surface area contributed by atoms with Crippen LogP contribution < -0.4 is 11.1 Å². The van der Waals surface area contributed by atoms with E-state index in [1.807, 2.05) is 13.8 Å². The molecule has 0 radical (unpaired) electrons. The molecule has 4 N–H and O–H groups in total. The van der Waals surface area contributed by atoms with Crippen molar-refractivity contribution in [1.82, 2.24) is 5.32 Å². The zero-order chi connectivity index (χ0) is 13.6. The van der Waals surface area contributed by atoms with Crippen LogP contribution in [-0.2, 0) is 4.79 Å². The van der Waals surface area contributed by atoms with Crippen LogP contribution in [0.3, 0.4) is 0 Å². The van der Waals surface area contributed by atoms with Crippen LogP contribution in [0.5, 0.6) is 0 Å². The zero-order valence-electron chi connectivity index (χ0n) is 11.8. The summed E-state index contributed by atoms with van der Waals surface area (Å²) in [6, 6.07) is -0.475. The number of amides is 1. The Balaban J connectivity index is 3.91. The fourth-order valence-corrected chi connectivity index (χ4v) is 1.74. The Morgan fingerprint density at radius 3 is 2.29 bits per heavy atom. The summed E-state index contributed by atoms with van der Waals surface area (Å²) in [4.78, 5) is 11.6. The van der Waals surface area contributed by atoms with Gasteiger partial charge in [-0.15, -0.1) is 0 Å². The van der Waals surface area contributed by atoms with Crippen molar-refractivity contribution in [1.29, 1.82) is 0 Å². The van der Waals surface area contributed by atoms with E-state index in [1.54, 1.807) is 0 Å². The number of nitrogens with two attached hydrogens (primary N) is 1. The first kappa shape index (κ1) is 16.4. The van der Waals surface area contributed by atoms with Crippen molar-refractivity contribution in [3.05, 3.63) is 0 Å². The van der Waals surface area contributed by atoms with Crippen molar-refractivity contribution < 1.29 is 9.90 Å². The van der Waals surface area contributed by atoms with Gasteiger partial charge in [0.05, 0.1) is 12.1 Å². The molecule has 102 valence electrons. The van der Waals surface area contributed by atoms with E-state index in [9.17, 15) is 9.90 Å². The summed E-state index contributed by atoms with van der Waals surface area (Å²) in [7, 11) is 0. The lowest BCUT2D eigenvalue weighted by atomic mass is 9.89. The van der Waals surface area contributed by atoms with Crippen molar-refractivity contribution in [2.45, 2.75) is 59.6 Å². The Morgan fingerprint density at radius 1 is 1.35 bits per heavy atom. The number of nitrogens with one attached hydrogen (secondary N) is 1. The Hall–Kier alpha value is -0.610. The van der Waals surface area contributed by atoms with E-state index in [-0.39, 0.29) is 17.9 Å². The molecule has 0 aliphatic heterocycles. The highest BCUT2D eigenvalue weighted by Gasteiger charge is 2.19. The molecular formula is C13H28N2O2. The average Bonchev–Trinajstić information content (AvgIpc) is 2.10. The Kier molecular flexibility index (Phi) is 6.72. The summed E-state index contributed by atoms with van der Waals surface area (Å²) < 4.78 is 0. The van der Waals surface area contributed by atoms with Gasteiger partial charge in [0.2, 0.25) is 5.91 Å². The van der Waals surface area contributed by atoms with Crippen LogP contribution in [0.15, 0.2) is 0 Å². The van der Waals surface area contributed by atoms with Crippen molar-refractivity contribution in [2.75, 3.05) is 6.54 Å². The van der Waals surface area contributed by atoms with E-state index in [0.29, 0.717) is 18.8 Å². The second-order valence-electron chi connectivity index (χ2n) is 6.40. The molecule has 0 bridgehead atoms. The van der Waals surface area contributed by atoms with E-state index in [0.717, 1.165) is 0 Å². The summed E-state index contributed by atoms with van der Waals surface area (Å²) in [5.41, 5.74) is 5.80. The van der Waals surface area contributed by atoms with Gasteiger partial charge in [-0.1, -0.05) is 34.6 Å². The molecule has 0 aromatic heterocycles.